The van der Waals surface area contributed by atoms with Gasteiger partial charge in [0.05, 0.1) is 5.52 Å². The van der Waals surface area contributed by atoms with Gasteiger partial charge in [-0.15, -0.1) is 11.3 Å². The second-order valence-corrected chi connectivity index (χ2v) is 7.98. The van der Waals surface area contributed by atoms with Crippen molar-refractivity contribution in [2.45, 2.75) is 44.2 Å². The smallest absolute Gasteiger partial charge is 0.349 e. The van der Waals surface area contributed by atoms with E-state index < -0.39 is 12.1 Å². The number of carbonyl (C=O) groups excluding carboxylic acids is 2. The number of benzene rings is 1. The zero-order valence-electron chi connectivity index (χ0n) is 15.5. The number of aromatic nitrogens is 1. The second-order valence-electron chi connectivity index (χ2n) is 7.03. The number of pyridine rings is 1. The van der Waals surface area contributed by atoms with Crippen molar-refractivity contribution >= 4 is 34.1 Å². The van der Waals surface area contributed by atoms with Gasteiger partial charge in [0.2, 0.25) is 6.10 Å². The lowest BCUT2D eigenvalue weighted by molar-refractivity contribution is -0.131. The van der Waals surface area contributed by atoms with Crippen LogP contribution in [0.15, 0.2) is 54.0 Å². The third kappa shape index (κ3) is 4.07. The fraction of sp³-hybridized carbons (Fsp3) is 0.318. The number of hydrogen-bond donors (Lipinski definition) is 1. The minimum atomic E-state index is -1.03. The molecule has 5 nitrogen and oxygen atoms in total. The van der Waals surface area contributed by atoms with Crippen LogP contribution in [0.25, 0.3) is 10.9 Å². The van der Waals surface area contributed by atoms with Crippen LogP contribution in [0.2, 0.25) is 0 Å². The number of thiophene rings is 1. The molecule has 0 spiro atoms. The summed E-state index contributed by atoms with van der Waals surface area (Å²) in [5.74, 6) is -0.776. The maximum absolute atomic E-state index is 13.1. The van der Waals surface area contributed by atoms with E-state index in [0.717, 1.165) is 31.1 Å². The molecule has 0 aliphatic heterocycles. The van der Waals surface area contributed by atoms with Crippen LogP contribution in [0, 0.1) is 0 Å². The molecule has 3 aromatic rings. The quantitative estimate of drug-likeness (QED) is 0.640. The Morgan fingerprint density at radius 3 is 2.68 bits per heavy atom. The molecule has 144 valence electrons. The van der Waals surface area contributed by atoms with E-state index in [1.807, 2.05) is 35.7 Å². The van der Waals surface area contributed by atoms with Crippen molar-refractivity contribution in [1.29, 1.82) is 0 Å². The topological polar surface area (TPSA) is 68.3 Å². The molecule has 1 aliphatic carbocycles. The Balaban J connectivity index is 1.65. The molecule has 1 fully saturated rings. The van der Waals surface area contributed by atoms with Crippen molar-refractivity contribution in [2.24, 2.45) is 0 Å². The van der Waals surface area contributed by atoms with Crippen LogP contribution in [0.4, 0.5) is 0 Å². The lowest BCUT2D eigenvalue weighted by Gasteiger charge is -2.26. The molecule has 4 rings (SSSR count). The van der Waals surface area contributed by atoms with Crippen molar-refractivity contribution in [3.63, 3.8) is 0 Å². The number of nitrogens with one attached hydrogen (secondary N) is 1. The summed E-state index contributed by atoms with van der Waals surface area (Å²) in [5, 5.41) is 5.81. The van der Waals surface area contributed by atoms with Gasteiger partial charge in [-0.2, -0.15) is 0 Å². The molecule has 1 unspecified atom stereocenters. The maximum atomic E-state index is 13.1. The standard InChI is InChI=1S/C22H22N2O3S/c25-21(24-16-9-2-1-3-10-16)20(27-22(26)18-12-6-14-28-18)17-11-4-7-15-8-5-13-23-19(15)17/h4-8,11-14,16,20H,1-3,9-10H2,(H,24,25). The average Bonchev–Trinajstić information content (AvgIpc) is 3.27. The molecule has 0 bridgehead atoms. The number of hydrogen-bond acceptors (Lipinski definition) is 5. The van der Waals surface area contributed by atoms with Gasteiger partial charge < -0.3 is 10.1 Å². The van der Waals surface area contributed by atoms with E-state index in [9.17, 15) is 9.59 Å². The van der Waals surface area contributed by atoms with Gasteiger partial charge in [0.1, 0.15) is 4.88 Å². The molecule has 1 aromatic carbocycles. The fourth-order valence-corrected chi connectivity index (χ4v) is 4.29. The van der Waals surface area contributed by atoms with Crippen LogP contribution in [0.1, 0.15) is 53.4 Å². The van der Waals surface area contributed by atoms with Crippen molar-refractivity contribution in [3.05, 3.63) is 64.5 Å². The van der Waals surface area contributed by atoms with Crippen LogP contribution < -0.4 is 5.32 Å². The monoisotopic (exact) mass is 394 g/mol. The van der Waals surface area contributed by atoms with Crippen LogP contribution in [-0.2, 0) is 9.53 Å². The first kappa shape index (κ1) is 18.6. The highest BCUT2D eigenvalue weighted by molar-refractivity contribution is 7.11. The molecule has 1 saturated carbocycles. The number of rotatable bonds is 5. The number of ether oxygens (including phenoxy) is 1. The minimum absolute atomic E-state index is 0.132. The van der Waals surface area contributed by atoms with Gasteiger partial charge in [0.25, 0.3) is 5.91 Å². The Morgan fingerprint density at radius 2 is 1.89 bits per heavy atom. The predicted molar refractivity (Wildman–Crippen MR) is 109 cm³/mol. The van der Waals surface area contributed by atoms with Crippen LogP contribution in [0.3, 0.4) is 0 Å². The number of para-hydroxylation sites is 1. The number of nitrogens with zero attached hydrogens (tertiary/aromatic N) is 1. The van der Waals surface area contributed by atoms with E-state index in [0.29, 0.717) is 16.0 Å². The summed E-state index contributed by atoms with van der Waals surface area (Å²) in [7, 11) is 0. The molecule has 1 atom stereocenters. The van der Waals surface area contributed by atoms with Crippen LogP contribution in [0.5, 0.6) is 0 Å². The van der Waals surface area contributed by atoms with E-state index >= 15 is 0 Å². The summed E-state index contributed by atoms with van der Waals surface area (Å²) in [6, 6.07) is 13.0. The largest absolute Gasteiger partial charge is 0.443 e. The summed E-state index contributed by atoms with van der Waals surface area (Å²) in [5.41, 5.74) is 1.28. The average molecular weight is 394 g/mol. The van der Waals surface area contributed by atoms with Crippen LogP contribution in [-0.4, -0.2) is 22.9 Å². The zero-order chi connectivity index (χ0) is 19.3. The highest BCUT2D eigenvalue weighted by Gasteiger charge is 2.30. The number of carbonyl (C=O) groups is 2. The zero-order valence-corrected chi connectivity index (χ0v) is 16.3. The first-order valence-corrected chi connectivity index (χ1v) is 10.5. The highest BCUT2D eigenvalue weighted by Crippen LogP contribution is 2.28. The molecule has 2 aromatic heterocycles. The summed E-state index contributed by atoms with van der Waals surface area (Å²) in [6.07, 6.45) is 6.01. The molecule has 2 heterocycles. The maximum Gasteiger partial charge on any atom is 0.349 e. The van der Waals surface area contributed by atoms with Gasteiger partial charge in [-0.3, -0.25) is 9.78 Å². The molecule has 6 heteroatoms. The van der Waals surface area contributed by atoms with E-state index in [2.05, 4.69) is 10.3 Å². The Kier molecular flexibility index (Phi) is 5.67. The van der Waals surface area contributed by atoms with E-state index in [4.69, 9.17) is 4.74 Å². The Labute approximate surface area is 167 Å². The molecule has 1 aliphatic rings. The van der Waals surface area contributed by atoms with Crippen molar-refractivity contribution in [1.82, 2.24) is 10.3 Å². The lowest BCUT2D eigenvalue weighted by Crippen LogP contribution is -2.40. The SMILES string of the molecule is O=C(OC(C(=O)NC1CCCCC1)c1cccc2cccnc12)c1cccs1. The third-order valence-corrected chi connectivity index (χ3v) is 5.93. The van der Waals surface area contributed by atoms with E-state index in [1.54, 1.807) is 18.3 Å². The van der Waals surface area contributed by atoms with Gasteiger partial charge in [0, 0.05) is 23.2 Å². The minimum Gasteiger partial charge on any atom is -0.443 e. The van der Waals surface area contributed by atoms with Gasteiger partial charge in [-0.05, 0) is 30.4 Å². The Hall–Kier alpha value is -2.73. The fourth-order valence-electron chi connectivity index (χ4n) is 3.68. The summed E-state index contributed by atoms with van der Waals surface area (Å²) >= 11 is 1.30. The highest BCUT2D eigenvalue weighted by atomic mass is 32.1. The van der Waals surface area contributed by atoms with Crippen molar-refractivity contribution in [2.75, 3.05) is 0 Å². The number of fused-ring (bicyclic) bond motifs is 1. The summed E-state index contributed by atoms with van der Waals surface area (Å²) < 4.78 is 5.71. The van der Waals surface area contributed by atoms with Gasteiger partial charge in [-0.1, -0.05) is 49.6 Å². The molecule has 1 N–H and O–H groups in total. The molecule has 0 saturated heterocycles. The van der Waals surface area contributed by atoms with Gasteiger partial charge in [0.15, 0.2) is 0 Å². The normalized spacial score (nSPS) is 15.9. The third-order valence-electron chi connectivity index (χ3n) is 5.08. The van der Waals surface area contributed by atoms with E-state index in [1.165, 1.54) is 17.8 Å². The van der Waals surface area contributed by atoms with Gasteiger partial charge >= 0.3 is 5.97 Å². The molecule has 1 amide bonds. The number of amides is 1. The second kappa shape index (κ2) is 8.52. The first-order chi connectivity index (χ1) is 13.7. The molecule has 28 heavy (non-hydrogen) atoms. The van der Waals surface area contributed by atoms with Crippen LogP contribution >= 0.6 is 11.3 Å². The first-order valence-electron chi connectivity index (χ1n) is 9.61. The lowest BCUT2D eigenvalue weighted by atomic mass is 9.95. The van der Waals surface area contributed by atoms with Gasteiger partial charge in [-0.25, -0.2) is 4.79 Å². The van der Waals surface area contributed by atoms with E-state index in [-0.39, 0.29) is 11.9 Å². The van der Waals surface area contributed by atoms with Crippen molar-refractivity contribution < 1.29 is 14.3 Å². The van der Waals surface area contributed by atoms with Crippen molar-refractivity contribution in [3.8, 4) is 0 Å². The Bertz CT molecular complexity index is 960. The molecular weight excluding hydrogens is 372 g/mol. The molecule has 0 radical (unpaired) electrons. The predicted octanol–water partition coefficient (Wildman–Crippen LogP) is 4.64. The Morgan fingerprint density at radius 1 is 1.07 bits per heavy atom. The summed E-state index contributed by atoms with van der Waals surface area (Å²) in [4.78, 5) is 30.7. The molecular formula is C22H22N2O3S. The summed E-state index contributed by atoms with van der Waals surface area (Å²) in [6.45, 7) is 0. The number of esters is 1.